The number of aromatic nitrogens is 2. The molecule has 0 spiro atoms. The second-order valence-electron chi connectivity index (χ2n) is 5.52. The predicted molar refractivity (Wildman–Crippen MR) is 81.5 cm³/mol. The Morgan fingerprint density at radius 2 is 2.35 bits per heavy atom. The summed E-state index contributed by atoms with van der Waals surface area (Å²) < 4.78 is 8.02. The molecule has 6 heteroatoms. The van der Waals surface area contributed by atoms with Crippen LogP contribution in [0, 0.1) is 13.8 Å². The first-order valence-corrected chi connectivity index (χ1v) is 7.96. The Kier molecular flexibility index (Phi) is 4.07. The molecule has 1 aliphatic rings. The van der Waals surface area contributed by atoms with Gasteiger partial charge in [-0.15, -0.1) is 11.3 Å². The number of aryl methyl sites for hydroxylation is 2. The molecule has 3 heterocycles. The molecule has 1 saturated heterocycles. The van der Waals surface area contributed by atoms with Crippen molar-refractivity contribution in [2.75, 3.05) is 33.3 Å². The van der Waals surface area contributed by atoms with Gasteiger partial charge in [0.15, 0.2) is 4.96 Å². The molecule has 3 rings (SSSR count). The molecule has 0 saturated carbocycles. The van der Waals surface area contributed by atoms with Crippen LogP contribution in [0.25, 0.3) is 4.96 Å². The Morgan fingerprint density at radius 3 is 3.15 bits per heavy atom. The molecule has 2 aromatic heterocycles. The van der Waals surface area contributed by atoms with Crippen LogP contribution in [0.3, 0.4) is 0 Å². The fourth-order valence-corrected chi connectivity index (χ4v) is 3.65. The van der Waals surface area contributed by atoms with E-state index in [9.17, 15) is 0 Å². The number of hydrogen-bond donors (Lipinski definition) is 1. The van der Waals surface area contributed by atoms with Gasteiger partial charge in [-0.05, 0) is 20.9 Å². The number of thiazole rings is 1. The summed E-state index contributed by atoms with van der Waals surface area (Å²) in [5.74, 6) is 0. The number of likely N-dealkylation sites (N-methyl/N-ethyl adjacent to an activating group) is 1. The maximum Gasteiger partial charge on any atom is 0.194 e. The average molecular weight is 294 g/mol. The van der Waals surface area contributed by atoms with E-state index >= 15 is 0 Å². The monoisotopic (exact) mass is 294 g/mol. The van der Waals surface area contributed by atoms with Crippen molar-refractivity contribution in [3.63, 3.8) is 0 Å². The molecule has 1 atom stereocenters. The Morgan fingerprint density at radius 1 is 1.50 bits per heavy atom. The van der Waals surface area contributed by atoms with Gasteiger partial charge in [0.2, 0.25) is 0 Å². The molecular formula is C14H22N4OS. The first kappa shape index (κ1) is 14.0. The summed E-state index contributed by atoms with van der Waals surface area (Å²) in [5, 5.41) is 5.68. The number of nitrogens with one attached hydrogen (secondary N) is 1. The van der Waals surface area contributed by atoms with Crippen LogP contribution in [-0.2, 0) is 11.3 Å². The van der Waals surface area contributed by atoms with E-state index in [1.807, 2.05) is 0 Å². The van der Waals surface area contributed by atoms with Gasteiger partial charge in [0.05, 0.1) is 24.1 Å². The molecule has 5 nitrogen and oxygen atoms in total. The average Bonchev–Trinajstić information content (AvgIpc) is 2.91. The number of imidazole rings is 1. The summed E-state index contributed by atoms with van der Waals surface area (Å²) in [6.07, 6.45) is 0.293. The predicted octanol–water partition coefficient (Wildman–Crippen LogP) is 1.43. The molecule has 1 unspecified atom stereocenters. The summed E-state index contributed by atoms with van der Waals surface area (Å²) in [4.78, 5) is 8.02. The van der Waals surface area contributed by atoms with E-state index in [4.69, 9.17) is 4.74 Å². The molecule has 0 aliphatic carbocycles. The lowest BCUT2D eigenvalue weighted by Gasteiger charge is -2.30. The highest BCUT2D eigenvalue weighted by Gasteiger charge is 2.18. The lowest BCUT2D eigenvalue weighted by molar-refractivity contribution is -0.0182. The van der Waals surface area contributed by atoms with Gasteiger partial charge >= 0.3 is 0 Å². The van der Waals surface area contributed by atoms with Gasteiger partial charge in [0.25, 0.3) is 0 Å². The third kappa shape index (κ3) is 2.74. The van der Waals surface area contributed by atoms with Crippen LogP contribution in [0.1, 0.15) is 17.1 Å². The maximum absolute atomic E-state index is 5.77. The van der Waals surface area contributed by atoms with Crippen LogP contribution in [0.4, 0.5) is 0 Å². The van der Waals surface area contributed by atoms with Gasteiger partial charge in [-0.25, -0.2) is 4.98 Å². The zero-order valence-electron chi connectivity index (χ0n) is 12.3. The molecule has 2 aromatic rings. The molecule has 20 heavy (non-hydrogen) atoms. The minimum atomic E-state index is 0.293. The Balaban J connectivity index is 1.62. The fourth-order valence-electron chi connectivity index (χ4n) is 2.72. The zero-order chi connectivity index (χ0) is 14.1. The van der Waals surface area contributed by atoms with Gasteiger partial charge in [-0.3, -0.25) is 4.40 Å². The van der Waals surface area contributed by atoms with Crippen molar-refractivity contribution in [1.82, 2.24) is 19.6 Å². The maximum atomic E-state index is 5.77. The molecular weight excluding hydrogens is 272 g/mol. The van der Waals surface area contributed by atoms with Gasteiger partial charge in [-0.2, -0.15) is 0 Å². The molecule has 1 N–H and O–H groups in total. The van der Waals surface area contributed by atoms with Gasteiger partial charge in [0.1, 0.15) is 0 Å². The van der Waals surface area contributed by atoms with Crippen LogP contribution in [-0.4, -0.2) is 53.7 Å². The smallest absolute Gasteiger partial charge is 0.194 e. The summed E-state index contributed by atoms with van der Waals surface area (Å²) in [6, 6.07) is 0. The number of nitrogens with zero attached hydrogens (tertiary/aromatic N) is 3. The second kappa shape index (κ2) is 5.81. The summed E-state index contributed by atoms with van der Waals surface area (Å²) in [5.41, 5.74) is 3.65. The highest BCUT2D eigenvalue weighted by molar-refractivity contribution is 7.15. The molecule has 110 valence electrons. The van der Waals surface area contributed by atoms with E-state index in [0.29, 0.717) is 6.10 Å². The number of rotatable bonds is 4. The highest BCUT2D eigenvalue weighted by atomic mass is 32.1. The van der Waals surface area contributed by atoms with Crippen LogP contribution < -0.4 is 5.32 Å². The lowest BCUT2D eigenvalue weighted by atomic mass is 10.2. The molecule has 0 bridgehead atoms. The Hall–Kier alpha value is -0.950. The van der Waals surface area contributed by atoms with E-state index in [0.717, 1.165) is 43.4 Å². The van der Waals surface area contributed by atoms with Crippen molar-refractivity contribution in [3.8, 4) is 0 Å². The van der Waals surface area contributed by atoms with Crippen molar-refractivity contribution in [1.29, 1.82) is 0 Å². The van der Waals surface area contributed by atoms with E-state index in [1.165, 1.54) is 11.4 Å². The number of morpholine rings is 1. The molecule has 0 aromatic carbocycles. The molecule has 0 amide bonds. The largest absolute Gasteiger partial charge is 0.374 e. The van der Waals surface area contributed by atoms with Crippen LogP contribution >= 0.6 is 11.3 Å². The van der Waals surface area contributed by atoms with Crippen molar-refractivity contribution in [2.24, 2.45) is 0 Å². The molecule has 1 aliphatic heterocycles. The van der Waals surface area contributed by atoms with E-state index in [2.05, 4.69) is 45.9 Å². The first-order valence-electron chi connectivity index (χ1n) is 7.08. The van der Waals surface area contributed by atoms with Crippen molar-refractivity contribution in [2.45, 2.75) is 26.5 Å². The SMILES string of the molecule is Cc1nc2scc(C)n2c1CNCC1CN(C)CCO1. The van der Waals surface area contributed by atoms with Crippen molar-refractivity contribution < 1.29 is 4.74 Å². The number of fused-ring (bicyclic) bond motifs is 1. The summed E-state index contributed by atoms with van der Waals surface area (Å²) in [7, 11) is 2.15. The number of hydrogen-bond acceptors (Lipinski definition) is 5. The normalized spacial score (nSPS) is 20.9. The van der Waals surface area contributed by atoms with Crippen molar-refractivity contribution >= 4 is 16.3 Å². The third-order valence-corrected chi connectivity index (χ3v) is 4.78. The highest BCUT2D eigenvalue weighted by Crippen LogP contribution is 2.20. The van der Waals surface area contributed by atoms with Crippen molar-refractivity contribution in [3.05, 3.63) is 22.5 Å². The summed E-state index contributed by atoms with van der Waals surface area (Å²) >= 11 is 1.70. The molecule has 0 radical (unpaired) electrons. The van der Waals surface area contributed by atoms with Crippen LogP contribution in [0.2, 0.25) is 0 Å². The Labute approximate surface area is 123 Å². The van der Waals surface area contributed by atoms with Gasteiger partial charge < -0.3 is 15.0 Å². The minimum Gasteiger partial charge on any atom is -0.374 e. The van der Waals surface area contributed by atoms with E-state index < -0.39 is 0 Å². The Bertz CT molecular complexity index is 591. The van der Waals surface area contributed by atoms with E-state index in [-0.39, 0.29) is 0 Å². The lowest BCUT2D eigenvalue weighted by Crippen LogP contribution is -2.44. The molecule has 1 fully saturated rings. The second-order valence-corrected chi connectivity index (χ2v) is 6.36. The first-order chi connectivity index (χ1) is 9.65. The van der Waals surface area contributed by atoms with Crippen LogP contribution in [0.5, 0.6) is 0 Å². The zero-order valence-corrected chi connectivity index (χ0v) is 13.2. The van der Waals surface area contributed by atoms with E-state index in [1.54, 1.807) is 11.3 Å². The standard InChI is InChI=1S/C14H22N4OS/c1-10-9-20-14-16-11(2)13(18(10)14)7-15-6-12-8-17(3)4-5-19-12/h9,12,15H,4-8H2,1-3H3. The number of ether oxygens (including phenoxy) is 1. The van der Waals surface area contributed by atoms with Gasteiger partial charge in [0, 0.05) is 37.3 Å². The minimum absolute atomic E-state index is 0.293. The topological polar surface area (TPSA) is 41.8 Å². The van der Waals surface area contributed by atoms with Gasteiger partial charge in [-0.1, -0.05) is 0 Å². The quantitative estimate of drug-likeness (QED) is 0.926. The third-order valence-electron chi connectivity index (χ3n) is 3.84. The van der Waals surface area contributed by atoms with Crippen LogP contribution in [0.15, 0.2) is 5.38 Å². The summed E-state index contributed by atoms with van der Waals surface area (Å²) in [6.45, 7) is 8.82. The fraction of sp³-hybridized carbons (Fsp3) is 0.643.